The van der Waals surface area contributed by atoms with Crippen LogP contribution < -0.4 is 9.47 Å². The Morgan fingerprint density at radius 2 is 1.93 bits per heavy atom. The number of thioether (sulfide) groups is 1. The van der Waals surface area contributed by atoms with Gasteiger partial charge >= 0.3 is 0 Å². The third kappa shape index (κ3) is 3.64. The van der Waals surface area contributed by atoms with Crippen molar-refractivity contribution in [1.29, 1.82) is 0 Å². The topological polar surface area (TPSA) is 38.7 Å². The molecule has 0 aliphatic carbocycles. The molecule has 0 heterocycles. The Kier molecular flexibility index (Phi) is 5.36. The third-order valence-corrected chi connectivity index (χ3v) is 2.96. The zero-order chi connectivity index (χ0) is 11.1. The average molecular weight is 228 g/mol. The molecular formula is C11H16O3S. The summed E-state index contributed by atoms with van der Waals surface area (Å²) in [5.41, 5.74) is 1.17. The maximum absolute atomic E-state index is 8.66. The van der Waals surface area contributed by atoms with E-state index in [1.807, 2.05) is 18.2 Å². The first-order valence-electron chi connectivity index (χ1n) is 4.71. The molecule has 0 fully saturated rings. The fourth-order valence-electron chi connectivity index (χ4n) is 1.22. The molecule has 1 N–H and O–H groups in total. The number of hydrogen-bond acceptors (Lipinski definition) is 4. The zero-order valence-electron chi connectivity index (χ0n) is 9.03. The van der Waals surface area contributed by atoms with Crippen LogP contribution in [0.2, 0.25) is 0 Å². The smallest absolute Gasteiger partial charge is 0.161 e. The minimum atomic E-state index is 0.220. The van der Waals surface area contributed by atoms with E-state index >= 15 is 0 Å². The van der Waals surface area contributed by atoms with Gasteiger partial charge in [0.15, 0.2) is 11.5 Å². The summed E-state index contributed by atoms with van der Waals surface area (Å²) in [5.74, 6) is 3.13. The van der Waals surface area contributed by atoms with E-state index in [0.29, 0.717) is 0 Å². The lowest BCUT2D eigenvalue weighted by Crippen LogP contribution is -1.93. The van der Waals surface area contributed by atoms with Gasteiger partial charge in [0.05, 0.1) is 20.8 Å². The summed E-state index contributed by atoms with van der Waals surface area (Å²) in [5, 5.41) is 8.66. The summed E-state index contributed by atoms with van der Waals surface area (Å²) in [6.45, 7) is 0.220. The van der Waals surface area contributed by atoms with Crippen molar-refractivity contribution in [2.24, 2.45) is 0 Å². The molecule has 0 unspecified atom stereocenters. The van der Waals surface area contributed by atoms with Crippen molar-refractivity contribution in [2.75, 3.05) is 26.6 Å². The van der Waals surface area contributed by atoms with Crippen LogP contribution >= 0.6 is 11.8 Å². The molecule has 0 aliphatic heterocycles. The van der Waals surface area contributed by atoms with Crippen LogP contribution in [0.5, 0.6) is 11.5 Å². The molecule has 3 nitrogen and oxygen atoms in total. The van der Waals surface area contributed by atoms with Crippen LogP contribution in [0.25, 0.3) is 0 Å². The highest BCUT2D eigenvalue weighted by Gasteiger charge is 2.03. The van der Waals surface area contributed by atoms with Crippen LogP contribution in [-0.2, 0) is 5.75 Å². The number of rotatable bonds is 6. The van der Waals surface area contributed by atoms with Gasteiger partial charge in [-0.25, -0.2) is 0 Å². The summed E-state index contributed by atoms with van der Waals surface area (Å²) in [6.07, 6.45) is 0. The Morgan fingerprint density at radius 1 is 1.20 bits per heavy atom. The minimum Gasteiger partial charge on any atom is -0.493 e. The van der Waals surface area contributed by atoms with Gasteiger partial charge in [0.25, 0.3) is 0 Å². The van der Waals surface area contributed by atoms with E-state index in [4.69, 9.17) is 14.6 Å². The summed E-state index contributed by atoms with van der Waals surface area (Å²) in [4.78, 5) is 0. The van der Waals surface area contributed by atoms with Crippen molar-refractivity contribution in [3.05, 3.63) is 23.8 Å². The number of ether oxygens (including phenoxy) is 2. The summed E-state index contributed by atoms with van der Waals surface area (Å²) in [6, 6.07) is 5.86. The van der Waals surface area contributed by atoms with E-state index in [-0.39, 0.29) is 6.61 Å². The van der Waals surface area contributed by atoms with E-state index in [1.165, 1.54) is 5.56 Å². The average Bonchev–Trinajstić information content (AvgIpc) is 2.29. The number of aliphatic hydroxyl groups excluding tert-OH is 1. The first-order chi connectivity index (χ1) is 7.31. The molecule has 0 radical (unpaired) electrons. The monoisotopic (exact) mass is 228 g/mol. The molecule has 4 heteroatoms. The first kappa shape index (κ1) is 12.2. The number of methoxy groups -OCH3 is 2. The highest BCUT2D eigenvalue weighted by Crippen LogP contribution is 2.28. The molecule has 0 saturated carbocycles. The molecule has 1 rings (SSSR count). The first-order valence-corrected chi connectivity index (χ1v) is 5.86. The molecule has 0 saturated heterocycles. The number of hydrogen-bond donors (Lipinski definition) is 1. The van der Waals surface area contributed by atoms with Gasteiger partial charge in [0.2, 0.25) is 0 Å². The number of aliphatic hydroxyl groups is 1. The van der Waals surface area contributed by atoms with Crippen LogP contribution in [0, 0.1) is 0 Å². The van der Waals surface area contributed by atoms with Gasteiger partial charge in [-0.3, -0.25) is 0 Å². The van der Waals surface area contributed by atoms with E-state index in [1.54, 1.807) is 26.0 Å². The Hall–Kier alpha value is -0.870. The SMILES string of the molecule is COc1ccc(CSCCO)cc1OC. The minimum absolute atomic E-state index is 0.220. The quantitative estimate of drug-likeness (QED) is 0.755. The molecule has 84 valence electrons. The Morgan fingerprint density at radius 3 is 2.53 bits per heavy atom. The Balaban J connectivity index is 2.66. The predicted octanol–water partition coefficient (Wildman–Crippen LogP) is 1.93. The van der Waals surface area contributed by atoms with E-state index in [0.717, 1.165) is 23.0 Å². The zero-order valence-corrected chi connectivity index (χ0v) is 9.84. The molecule has 15 heavy (non-hydrogen) atoms. The molecule has 0 spiro atoms. The third-order valence-electron chi connectivity index (χ3n) is 1.95. The molecule has 1 aromatic carbocycles. The molecule has 0 aliphatic rings. The highest BCUT2D eigenvalue weighted by atomic mass is 32.2. The maximum Gasteiger partial charge on any atom is 0.161 e. The van der Waals surface area contributed by atoms with Crippen molar-refractivity contribution in [1.82, 2.24) is 0 Å². The van der Waals surface area contributed by atoms with Gasteiger partial charge in [0.1, 0.15) is 0 Å². The van der Waals surface area contributed by atoms with Gasteiger partial charge in [-0.1, -0.05) is 6.07 Å². The van der Waals surface area contributed by atoms with Gasteiger partial charge in [0, 0.05) is 11.5 Å². The molecule has 1 aromatic rings. The van der Waals surface area contributed by atoms with Crippen molar-refractivity contribution < 1.29 is 14.6 Å². The van der Waals surface area contributed by atoms with Crippen LogP contribution in [-0.4, -0.2) is 31.7 Å². The summed E-state index contributed by atoms with van der Waals surface area (Å²) >= 11 is 1.69. The predicted molar refractivity (Wildman–Crippen MR) is 62.8 cm³/mol. The summed E-state index contributed by atoms with van der Waals surface area (Å²) < 4.78 is 10.3. The van der Waals surface area contributed by atoms with E-state index in [2.05, 4.69) is 0 Å². The molecular weight excluding hydrogens is 212 g/mol. The van der Waals surface area contributed by atoms with Crippen molar-refractivity contribution in [3.63, 3.8) is 0 Å². The second kappa shape index (κ2) is 6.58. The lowest BCUT2D eigenvalue weighted by molar-refractivity contribution is 0.322. The summed E-state index contributed by atoms with van der Waals surface area (Å²) in [7, 11) is 3.25. The van der Waals surface area contributed by atoms with Crippen molar-refractivity contribution in [3.8, 4) is 11.5 Å². The van der Waals surface area contributed by atoms with Gasteiger partial charge in [-0.2, -0.15) is 11.8 Å². The van der Waals surface area contributed by atoms with Crippen molar-refractivity contribution >= 4 is 11.8 Å². The normalized spacial score (nSPS) is 10.1. The fourth-order valence-corrected chi connectivity index (χ4v) is 1.91. The Labute approximate surface area is 94.4 Å². The number of benzene rings is 1. The second-order valence-electron chi connectivity index (χ2n) is 2.97. The van der Waals surface area contributed by atoms with Gasteiger partial charge in [-0.05, 0) is 17.7 Å². The van der Waals surface area contributed by atoms with Crippen LogP contribution in [0.3, 0.4) is 0 Å². The molecule has 0 aromatic heterocycles. The van der Waals surface area contributed by atoms with E-state index in [9.17, 15) is 0 Å². The molecule has 0 atom stereocenters. The van der Waals surface area contributed by atoms with Crippen LogP contribution in [0.15, 0.2) is 18.2 Å². The largest absolute Gasteiger partial charge is 0.493 e. The molecule has 0 amide bonds. The van der Waals surface area contributed by atoms with E-state index < -0.39 is 0 Å². The lowest BCUT2D eigenvalue weighted by Gasteiger charge is -2.09. The second-order valence-corrected chi connectivity index (χ2v) is 4.07. The lowest BCUT2D eigenvalue weighted by atomic mass is 10.2. The van der Waals surface area contributed by atoms with Crippen LogP contribution in [0.4, 0.5) is 0 Å². The highest BCUT2D eigenvalue weighted by molar-refractivity contribution is 7.98. The molecule has 0 bridgehead atoms. The maximum atomic E-state index is 8.66. The van der Waals surface area contributed by atoms with Crippen molar-refractivity contribution in [2.45, 2.75) is 5.75 Å². The van der Waals surface area contributed by atoms with Gasteiger partial charge in [-0.15, -0.1) is 0 Å². The van der Waals surface area contributed by atoms with Crippen LogP contribution in [0.1, 0.15) is 5.56 Å². The standard InChI is InChI=1S/C11H16O3S/c1-13-10-4-3-9(7-11(10)14-2)8-15-6-5-12/h3-4,7,12H,5-6,8H2,1-2H3. The Bertz CT molecular complexity index is 302. The van der Waals surface area contributed by atoms with Gasteiger partial charge < -0.3 is 14.6 Å². The fraction of sp³-hybridized carbons (Fsp3) is 0.455.